The number of nitrogens with one attached hydrogen (secondary N) is 1. The molecule has 4 aromatic rings. The van der Waals surface area contributed by atoms with Crippen LogP contribution in [0.2, 0.25) is 15.1 Å². The lowest BCUT2D eigenvalue weighted by molar-refractivity contribution is 0.649. The van der Waals surface area contributed by atoms with Crippen molar-refractivity contribution in [3.63, 3.8) is 0 Å². The van der Waals surface area contributed by atoms with Gasteiger partial charge in [-0.15, -0.1) is 0 Å². The molecule has 29 heavy (non-hydrogen) atoms. The largest absolute Gasteiger partial charge is 0.361 e. The molecule has 0 saturated carbocycles. The number of aryl methyl sites for hydroxylation is 2. The molecule has 3 N–H and O–H groups in total. The molecular weight excluding hydrogens is 427 g/mol. The van der Waals surface area contributed by atoms with Gasteiger partial charge in [-0.3, -0.25) is 0 Å². The van der Waals surface area contributed by atoms with Crippen molar-refractivity contribution in [2.75, 3.05) is 6.54 Å². The van der Waals surface area contributed by atoms with Crippen molar-refractivity contribution in [3.05, 3.63) is 75.2 Å². The van der Waals surface area contributed by atoms with E-state index in [0.717, 1.165) is 53.3 Å². The Morgan fingerprint density at radius 2 is 1.79 bits per heavy atom. The number of hydrogen-bond donors (Lipinski definition) is 2. The van der Waals surface area contributed by atoms with Gasteiger partial charge >= 0.3 is 0 Å². The van der Waals surface area contributed by atoms with Gasteiger partial charge in [-0.25, -0.2) is 4.98 Å². The highest BCUT2D eigenvalue weighted by Gasteiger charge is 2.16. The van der Waals surface area contributed by atoms with Gasteiger partial charge in [-0.05, 0) is 61.7 Å². The number of nitrogens with zero attached hydrogens (tertiary/aromatic N) is 2. The number of fused-ring (bicyclic) bond motifs is 1. The summed E-state index contributed by atoms with van der Waals surface area (Å²) < 4.78 is 2.20. The summed E-state index contributed by atoms with van der Waals surface area (Å²) in [6.45, 7) is 1.44. The van der Waals surface area contributed by atoms with E-state index in [-0.39, 0.29) is 0 Å². The van der Waals surface area contributed by atoms with E-state index in [9.17, 15) is 0 Å². The Morgan fingerprint density at radius 1 is 1.00 bits per heavy atom. The monoisotopic (exact) mass is 446 g/mol. The molecule has 0 amide bonds. The van der Waals surface area contributed by atoms with Crippen molar-refractivity contribution in [1.82, 2.24) is 14.5 Å². The van der Waals surface area contributed by atoms with Gasteiger partial charge in [0.1, 0.15) is 0 Å². The Hall–Kier alpha value is -1.98. The average molecular weight is 448 g/mol. The summed E-state index contributed by atoms with van der Waals surface area (Å²) in [5, 5.41) is 3.14. The summed E-state index contributed by atoms with van der Waals surface area (Å²) in [7, 11) is 0. The lowest BCUT2D eigenvalue weighted by Crippen LogP contribution is -2.08. The highest BCUT2D eigenvalue weighted by Crippen LogP contribution is 2.32. The van der Waals surface area contributed by atoms with Gasteiger partial charge in [-0.2, -0.15) is 0 Å². The molecule has 0 spiro atoms. The number of imidazole rings is 1. The van der Waals surface area contributed by atoms with Gasteiger partial charge in [0, 0.05) is 44.9 Å². The summed E-state index contributed by atoms with van der Waals surface area (Å²) in [6, 6.07) is 11.4. The Morgan fingerprint density at radius 3 is 2.59 bits per heavy atom. The van der Waals surface area contributed by atoms with Crippen LogP contribution in [0.15, 0.2) is 48.9 Å². The van der Waals surface area contributed by atoms with Crippen LogP contribution in [-0.4, -0.2) is 21.1 Å². The molecule has 0 atom stereocenters. The van der Waals surface area contributed by atoms with Gasteiger partial charge < -0.3 is 15.3 Å². The molecule has 0 aliphatic heterocycles. The van der Waals surface area contributed by atoms with Crippen LogP contribution in [0.4, 0.5) is 0 Å². The first-order valence-corrected chi connectivity index (χ1v) is 10.6. The third-order valence-corrected chi connectivity index (χ3v) is 5.88. The van der Waals surface area contributed by atoms with Crippen molar-refractivity contribution >= 4 is 45.7 Å². The maximum atomic E-state index is 6.44. The standard InChI is InChI=1S/C22H21Cl3N4/c23-15-4-6-18(19(25)10-15)22-21(2-1-8-26)29(13-28-22)9-7-14-12-27-20-11-16(24)3-5-17(14)20/h3-6,10-13,27H,1-2,7-9,26H2. The fraction of sp³-hybridized carbons (Fsp3) is 0.227. The smallest absolute Gasteiger partial charge is 0.0956 e. The van der Waals surface area contributed by atoms with Crippen molar-refractivity contribution in [2.45, 2.75) is 25.8 Å². The molecule has 7 heteroatoms. The van der Waals surface area contributed by atoms with Crippen LogP contribution in [0.3, 0.4) is 0 Å². The Kier molecular flexibility index (Phi) is 6.16. The zero-order chi connectivity index (χ0) is 20.4. The SMILES string of the molecule is NCCCc1c(-c2ccc(Cl)cc2Cl)ncn1CCc1c[nH]c2cc(Cl)ccc12. The van der Waals surface area contributed by atoms with E-state index in [4.69, 9.17) is 40.5 Å². The maximum Gasteiger partial charge on any atom is 0.0956 e. The van der Waals surface area contributed by atoms with Crippen LogP contribution in [0.1, 0.15) is 17.7 Å². The molecule has 150 valence electrons. The normalized spacial score (nSPS) is 11.4. The summed E-state index contributed by atoms with van der Waals surface area (Å²) in [5.74, 6) is 0. The van der Waals surface area contributed by atoms with Crippen molar-refractivity contribution in [1.29, 1.82) is 0 Å². The molecule has 2 aromatic carbocycles. The van der Waals surface area contributed by atoms with E-state index in [1.807, 2.05) is 30.6 Å². The number of aromatic amines is 1. The maximum absolute atomic E-state index is 6.44. The van der Waals surface area contributed by atoms with E-state index < -0.39 is 0 Å². The molecule has 0 aliphatic carbocycles. The van der Waals surface area contributed by atoms with Gasteiger partial charge in [0.25, 0.3) is 0 Å². The summed E-state index contributed by atoms with van der Waals surface area (Å²) in [5.41, 5.74) is 11.0. The quantitative estimate of drug-likeness (QED) is 0.358. The fourth-order valence-corrected chi connectivity index (χ4v) is 4.31. The second kappa shape index (κ2) is 8.80. The summed E-state index contributed by atoms with van der Waals surface area (Å²) >= 11 is 18.6. The number of hydrogen-bond acceptors (Lipinski definition) is 2. The Balaban J connectivity index is 1.63. The summed E-state index contributed by atoms with van der Waals surface area (Å²) in [4.78, 5) is 7.98. The zero-order valence-corrected chi connectivity index (χ0v) is 18.0. The molecular formula is C22H21Cl3N4. The van der Waals surface area contributed by atoms with Gasteiger partial charge in [0.2, 0.25) is 0 Å². The molecule has 0 aliphatic rings. The van der Waals surface area contributed by atoms with Crippen LogP contribution in [0, 0.1) is 0 Å². The van der Waals surface area contributed by atoms with E-state index in [1.54, 1.807) is 6.07 Å². The first kappa shape index (κ1) is 20.3. The van der Waals surface area contributed by atoms with Crippen LogP contribution >= 0.6 is 34.8 Å². The molecule has 0 saturated heterocycles. The Labute approximate surface area is 184 Å². The van der Waals surface area contributed by atoms with E-state index in [0.29, 0.717) is 16.6 Å². The molecule has 0 bridgehead atoms. The molecule has 0 fully saturated rings. The van der Waals surface area contributed by atoms with Gasteiger partial charge in [0.05, 0.1) is 17.0 Å². The van der Waals surface area contributed by atoms with Crippen LogP contribution in [0.5, 0.6) is 0 Å². The minimum atomic E-state index is 0.602. The third kappa shape index (κ3) is 4.31. The van der Waals surface area contributed by atoms with E-state index in [1.165, 1.54) is 10.9 Å². The molecule has 4 nitrogen and oxygen atoms in total. The number of benzene rings is 2. The fourth-order valence-electron chi connectivity index (χ4n) is 3.64. The van der Waals surface area contributed by atoms with Crippen molar-refractivity contribution in [3.8, 4) is 11.3 Å². The minimum absolute atomic E-state index is 0.602. The molecule has 0 unspecified atom stereocenters. The highest BCUT2D eigenvalue weighted by molar-refractivity contribution is 6.36. The van der Waals surface area contributed by atoms with Crippen LogP contribution in [0.25, 0.3) is 22.2 Å². The van der Waals surface area contributed by atoms with Gasteiger partial charge in [-0.1, -0.05) is 40.9 Å². The van der Waals surface area contributed by atoms with E-state index >= 15 is 0 Å². The van der Waals surface area contributed by atoms with Gasteiger partial charge in [0.15, 0.2) is 0 Å². The van der Waals surface area contributed by atoms with E-state index in [2.05, 4.69) is 26.8 Å². The average Bonchev–Trinajstić information content (AvgIpc) is 3.28. The number of nitrogens with two attached hydrogens (primary N) is 1. The zero-order valence-electron chi connectivity index (χ0n) is 15.8. The molecule has 4 rings (SSSR count). The summed E-state index contributed by atoms with van der Waals surface area (Å²) in [6.07, 6.45) is 6.54. The number of H-pyrrole nitrogens is 1. The van der Waals surface area contributed by atoms with Crippen LogP contribution < -0.4 is 5.73 Å². The van der Waals surface area contributed by atoms with Crippen molar-refractivity contribution in [2.24, 2.45) is 5.73 Å². The Bertz CT molecular complexity index is 1150. The molecule has 2 heterocycles. The second-order valence-electron chi connectivity index (χ2n) is 7.00. The molecule has 2 aromatic heterocycles. The molecule has 0 radical (unpaired) electrons. The number of aromatic nitrogens is 3. The minimum Gasteiger partial charge on any atom is -0.361 e. The predicted octanol–water partition coefficient (Wildman–Crippen LogP) is 6.13. The third-order valence-electron chi connectivity index (χ3n) is 5.10. The lowest BCUT2D eigenvalue weighted by atomic mass is 10.1. The van der Waals surface area contributed by atoms with Crippen LogP contribution in [-0.2, 0) is 19.4 Å². The first-order chi connectivity index (χ1) is 14.1. The number of rotatable bonds is 7. The predicted molar refractivity (Wildman–Crippen MR) is 122 cm³/mol. The lowest BCUT2D eigenvalue weighted by Gasteiger charge is -2.11. The second-order valence-corrected chi connectivity index (χ2v) is 8.28. The van der Waals surface area contributed by atoms with Crippen molar-refractivity contribution < 1.29 is 0 Å². The number of halogens is 3. The first-order valence-electron chi connectivity index (χ1n) is 9.52. The topological polar surface area (TPSA) is 59.6 Å². The highest BCUT2D eigenvalue weighted by atomic mass is 35.5.